The summed E-state index contributed by atoms with van der Waals surface area (Å²) >= 11 is 0. The summed E-state index contributed by atoms with van der Waals surface area (Å²) in [6.45, 7) is 5.62. The molecule has 3 rings (SSSR count). The normalized spacial score (nSPS) is 16.1. The average molecular weight is 468 g/mol. The van der Waals surface area contributed by atoms with E-state index in [4.69, 9.17) is 9.47 Å². The van der Waals surface area contributed by atoms with Crippen molar-refractivity contribution in [2.45, 2.75) is 32.7 Å². The van der Waals surface area contributed by atoms with E-state index in [-0.39, 0.29) is 30.7 Å². The zero-order chi connectivity index (χ0) is 24.3. The number of hydrogen-bond donors (Lipinski definition) is 2. The number of ether oxygens (including phenoxy) is 2. The molecule has 1 aliphatic rings. The molecule has 1 saturated heterocycles. The number of nitrogens with zero attached hydrogens (tertiary/aromatic N) is 1. The monoisotopic (exact) mass is 467 g/mol. The van der Waals surface area contributed by atoms with Gasteiger partial charge in [-0.1, -0.05) is 50.2 Å². The first-order chi connectivity index (χ1) is 16.4. The molecule has 0 saturated carbocycles. The van der Waals surface area contributed by atoms with Crippen LogP contribution in [-0.2, 0) is 25.5 Å². The second kappa shape index (κ2) is 12.7. The smallest absolute Gasteiger partial charge is 0.307 e. The maximum Gasteiger partial charge on any atom is 0.307 e. The number of benzene rings is 2. The molecule has 1 heterocycles. The highest BCUT2D eigenvalue weighted by Gasteiger charge is 2.33. The number of anilines is 1. The number of rotatable bonds is 11. The fourth-order valence-electron chi connectivity index (χ4n) is 3.63. The van der Waals surface area contributed by atoms with Crippen molar-refractivity contribution in [3.05, 3.63) is 60.2 Å². The van der Waals surface area contributed by atoms with Crippen LogP contribution in [0.1, 0.15) is 25.8 Å². The molecule has 0 bridgehead atoms. The summed E-state index contributed by atoms with van der Waals surface area (Å²) in [5, 5.41) is 5.62. The summed E-state index contributed by atoms with van der Waals surface area (Å²) in [5.41, 5.74) is 1.80. The molecule has 2 amide bonds. The molecule has 0 radical (unpaired) electrons. The molecule has 1 unspecified atom stereocenters. The Morgan fingerprint density at radius 2 is 1.94 bits per heavy atom. The standard InChI is InChI=1S/C26H33N3O5/c1-19(2)18-34-25(31)16-23-26(32)27-12-13-29(23)17-24(30)28-21-9-6-10-22(15-21)33-14-11-20-7-4-3-5-8-20/h3-10,15,19,23H,11-14,16-18H2,1-2H3,(H,27,32)(H,28,30). The molecular weight excluding hydrogens is 434 g/mol. The number of piperazine rings is 1. The van der Waals surface area contributed by atoms with Gasteiger partial charge < -0.3 is 20.1 Å². The molecule has 2 aromatic rings. The number of esters is 1. The molecule has 0 aromatic heterocycles. The van der Waals surface area contributed by atoms with Gasteiger partial charge in [0.15, 0.2) is 0 Å². The first-order valence-electron chi connectivity index (χ1n) is 11.6. The van der Waals surface area contributed by atoms with E-state index in [0.717, 1.165) is 6.42 Å². The van der Waals surface area contributed by atoms with Gasteiger partial charge in [-0.25, -0.2) is 0 Å². The van der Waals surface area contributed by atoms with Crippen LogP contribution in [0.5, 0.6) is 5.75 Å². The second-order valence-corrected chi connectivity index (χ2v) is 8.72. The first-order valence-corrected chi connectivity index (χ1v) is 11.6. The topological polar surface area (TPSA) is 97.0 Å². The number of nitrogens with one attached hydrogen (secondary N) is 2. The zero-order valence-electron chi connectivity index (χ0n) is 19.8. The summed E-state index contributed by atoms with van der Waals surface area (Å²) < 4.78 is 11.0. The third-order valence-electron chi connectivity index (χ3n) is 5.35. The fraction of sp³-hybridized carbons (Fsp3) is 0.423. The van der Waals surface area contributed by atoms with E-state index in [9.17, 15) is 14.4 Å². The van der Waals surface area contributed by atoms with Crippen LogP contribution < -0.4 is 15.4 Å². The Balaban J connectivity index is 1.51. The highest BCUT2D eigenvalue weighted by Crippen LogP contribution is 2.18. The van der Waals surface area contributed by atoms with Crippen molar-refractivity contribution in [3.8, 4) is 5.75 Å². The molecule has 2 aromatic carbocycles. The molecule has 182 valence electrons. The largest absolute Gasteiger partial charge is 0.493 e. The maximum absolute atomic E-state index is 12.7. The highest BCUT2D eigenvalue weighted by atomic mass is 16.5. The lowest BCUT2D eigenvalue weighted by atomic mass is 10.1. The van der Waals surface area contributed by atoms with Gasteiger partial charge in [-0.05, 0) is 23.6 Å². The summed E-state index contributed by atoms with van der Waals surface area (Å²) in [6.07, 6.45) is 0.700. The Morgan fingerprint density at radius 1 is 1.15 bits per heavy atom. The van der Waals surface area contributed by atoms with Crippen LogP contribution in [0.3, 0.4) is 0 Å². The van der Waals surface area contributed by atoms with E-state index in [2.05, 4.69) is 22.8 Å². The van der Waals surface area contributed by atoms with Crippen LogP contribution in [0.25, 0.3) is 0 Å². The minimum absolute atomic E-state index is 0.00532. The van der Waals surface area contributed by atoms with Gasteiger partial charge in [-0.2, -0.15) is 0 Å². The minimum atomic E-state index is -0.730. The van der Waals surface area contributed by atoms with Gasteiger partial charge >= 0.3 is 5.97 Å². The molecule has 1 aliphatic heterocycles. The maximum atomic E-state index is 12.7. The lowest BCUT2D eigenvalue weighted by Crippen LogP contribution is -2.57. The molecule has 0 spiro atoms. The van der Waals surface area contributed by atoms with Gasteiger partial charge in [0, 0.05) is 31.3 Å². The van der Waals surface area contributed by atoms with Gasteiger partial charge in [0.05, 0.1) is 26.2 Å². The average Bonchev–Trinajstić information content (AvgIpc) is 2.81. The van der Waals surface area contributed by atoms with E-state index in [1.54, 1.807) is 17.0 Å². The van der Waals surface area contributed by atoms with Gasteiger partial charge in [0.1, 0.15) is 11.8 Å². The Kier molecular flexibility index (Phi) is 9.46. The van der Waals surface area contributed by atoms with Crippen molar-refractivity contribution >= 4 is 23.5 Å². The molecule has 8 heteroatoms. The van der Waals surface area contributed by atoms with Crippen molar-refractivity contribution in [1.29, 1.82) is 0 Å². The quantitative estimate of drug-likeness (QED) is 0.493. The van der Waals surface area contributed by atoms with Crippen molar-refractivity contribution in [2.75, 3.05) is 38.2 Å². The van der Waals surface area contributed by atoms with Crippen molar-refractivity contribution < 1.29 is 23.9 Å². The number of carbonyl (C=O) groups is 3. The highest BCUT2D eigenvalue weighted by molar-refractivity contribution is 5.93. The summed E-state index contributed by atoms with van der Waals surface area (Å²) in [6, 6.07) is 16.6. The molecule has 1 atom stereocenters. The molecule has 34 heavy (non-hydrogen) atoms. The van der Waals surface area contributed by atoms with E-state index in [0.29, 0.717) is 37.7 Å². The van der Waals surface area contributed by atoms with Gasteiger partial charge in [0.25, 0.3) is 0 Å². The third-order valence-corrected chi connectivity index (χ3v) is 5.35. The number of amides is 2. The lowest BCUT2D eigenvalue weighted by molar-refractivity contribution is -0.149. The first kappa shape index (κ1) is 25.2. The van der Waals surface area contributed by atoms with Crippen LogP contribution >= 0.6 is 0 Å². The third kappa shape index (κ3) is 8.19. The summed E-state index contributed by atoms with van der Waals surface area (Å²) in [7, 11) is 0. The summed E-state index contributed by atoms with van der Waals surface area (Å²) in [5.74, 6) is -0.103. The SMILES string of the molecule is CC(C)COC(=O)CC1C(=O)NCCN1CC(=O)Nc1cccc(OCCc2ccccc2)c1. The van der Waals surface area contributed by atoms with E-state index in [1.165, 1.54) is 5.56 Å². The fourth-order valence-corrected chi connectivity index (χ4v) is 3.63. The van der Waals surface area contributed by atoms with Crippen molar-refractivity contribution in [3.63, 3.8) is 0 Å². The Hall–Kier alpha value is -3.39. The Morgan fingerprint density at radius 3 is 2.71 bits per heavy atom. The molecule has 2 N–H and O–H groups in total. The van der Waals surface area contributed by atoms with Gasteiger partial charge in [-0.3, -0.25) is 19.3 Å². The minimum Gasteiger partial charge on any atom is -0.493 e. The van der Waals surface area contributed by atoms with Crippen molar-refractivity contribution in [2.24, 2.45) is 5.92 Å². The molecule has 0 aliphatic carbocycles. The predicted octanol–water partition coefficient (Wildman–Crippen LogP) is 2.64. The Labute approximate surface area is 200 Å². The molecule has 8 nitrogen and oxygen atoms in total. The number of hydrogen-bond acceptors (Lipinski definition) is 6. The van der Waals surface area contributed by atoms with E-state index < -0.39 is 12.0 Å². The van der Waals surface area contributed by atoms with Gasteiger partial charge in [0.2, 0.25) is 11.8 Å². The number of carbonyl (C=O) groups excluding carboxylic acids is 3. The molecule has 1 fully saturated rings. The lowest BCUT2D eigenvalue weighted by Gasteiger charge is -2.33. The van der Waals surface area contributed by atoms with E-state index >= 15 is 0 Å². The zero-order valence-corrected chi connectivity index (χ0v) is 19.8. The van der Waals surface area contributed by atoms with Crippen LogP contribution in [0.4, 0.5) is 5.69 Å². The summed E-state index contributed by atoms with van der Waals surface area (Å²) in [4.78, 5) is 38.9. The Bertz CT molecular complexity index is 964. The van der Waals surface area contributed by atoms with Gasteiger partial charge in [-0.15, -0.1) is 0 Å². The van der Waals surface area contributed by atoms with Crippen molar-refractivity contribution in [1.82, 2.24) is 10.2 Å². The van der Waals surface area contributed by atoms with Crippen LogP contribution in [-0.4, -0.2) is 61.6 Å². The van der Waals surface area contributed by atoms with Crippen LogP contribution in [0.2, 0.25) is 0 Å². The predicted molar refractivity (Wildman–Crippen MR) is 129 cm³/mol. The van der Waals surface area contributed by atoms with Crippen LogP contribution in [0.15, 0.2) is 54.6 Å². The molecular formula is C26H33N3O5. The van der Waals surface area contributed by atoms with E-state index in [1.807, 2.05) is 44.2 Å². The second-order valence-electron chi connectivity index (χ2n) is 8.72. The van der Waals surface area contributed by atoms with Crippen LogP contribution in [0, 0.1) is 5.92 Å².